The van der Waals surface area contributed by atoms with Crippen LogP contribution in [0.25, 0.3) is 0 Å². The van der Waals surface area contributed by atoms with E-state index in [1.165, 1.54) is 11.8 Å². The molecule has 1 aliphatic carbocycles. The van der Waals surface area contributed by atoms with E-state index < -0.39 is 23.9 Å². The fourth-order valence-electron chi connectivity index (χ4n) is 3.10. The molecule has 2 aromatic rings. The Hall–Kier alpha value is -2.45. The SMILES string of the molecule is N[C@H]1CSc2ccc(C(=O)N[C@@H]3CC3(F)F)cc2N(Cc2ccccc2)C1=O. The number of carbonyl (C=O) groups is 2. The van der Waals surface area contributed by atoms with Crippen LogP contribution in [-0.4, -0.2) is 35.6 Å². The van der Waals surface area contributed by atoms with Gasteiger partial charge in [0.2, 0.25) is 5.91 Å². The molecule has 2 aromatic carbocycles. The highest BCUT2D eigenvalue weighted by molar-refractivity contribution is 7.99. The van der Waals surface area contributed by atoms with E-state index in [-0.39, 0.29) is 17.9 Å². The fraction of sp³-hybridized carbons (Fsp3) is 0.300. The Morgan fingerprint density at radius 2 is 1.96 bits per heavy atom. The van der Waals surface area contributed by atoms with E-state index in [0.717, 1.165) is 10.5 Å². The Morgan fingerprint density at radius 3 is 2.64 bits per heavy atom. The number of benzene rings is 2. The second-order valence-electron chi connectivity index (χ2n) is 7.00. The first-order valence-electron chi connectivity index (χ1n) is 8.91. The minimum atomic E-state index is -2.83. The lowest BCUT2D eigenvalue weighted by atomic mass is 10.1. The smallest absolute Gasteiger partial charge is 0.270 e. The van der Waals surface area contributed by atoms with Gasteiger partial charge >= 0.3 is 0 Å². The van der Waals surface area contributed by atoms with E-state index in [4.69, 9.17) is 5.73 Å². The van der Waals surface area contributed by atoms with Gasteiger partial charge in [0.1, 0.15) is 0 Å². The van der Waals surface area contributed by atoms with Gasteiger partial charge in [-0.05, 0) is 23.8 Å². The standard InChI is InChI=1S/C20H19F2N3O2S/c21-20(22)9-17(20)24-18(26)13-6-7-16-15(8-13)25(19(27)14(23)11-28-16)10-12-4-2-1-3-5-12/h1-8,14,17H,9-11,23H2,(H,24,26)/t14-,17+/m0/s1. The number of anilines is 1. The molecule has 0 bridgehead atoms. The molecule has 0 unspecified atom stereocenters. The average Bonchev–Trinajstić information content (AvgIpc) is 3.31. The van der Waals surface area contributed by atoms with Crippen molar-refractivity contribution in [3.63, 3.8) is 0 Å². The number of hydrogen-bond donors (Lipinski definition) is 2. The van der Waals surface area contributed by atoms with E-state index >= 15 is 0 Å². The topological polar surface area (TPSA) is 75.4 Å². The van der Waals surface area contributed by atoms with Gasteiger partial charge in [0.05, 0.1) is 24.3 Å². The number of alkyl halides is 2. The van der Waals surface area contributed by atoms with Gasteiger partial charge in [-0.3, -0.25) is 9.59 Å². The summed E-state index contributed by atoms with van der Waals surface area (Å²) in [5.41, 5.74) is 7.76. The van der Waals surface area contributed by atoms with E-state index in [1.807, 2.05) is 30.3 Å². The monoisotopic (exact) mass is 403 g/mol. The van der Waals surface area contributed by atoms with Crippen molar-refractivity contribution in [3.8, 4) is 0 Å². The number of nitrogens with two attached hydrogens (primary N) is 1. The maximum atomic E-state index is 13.1. The molecule has 3 N–H and O–H groups in total. The third kappa shape index (κ3) is 3.74. The van der Waals surface area contributed by atoms with Crippen LogP contribution >= 0.6 is 11.8 Å². The lowest BCUT2D eigenvalue weighted by Gasteiger charge is -2.25. The molecule has 2 amide bonds. The molecule has 0 spiro atoms. The van der Waals surface area contributed by atoms with Gasteiger partial charge in [-0.2, -0.15) is 0 Å². The summed E-state index contributed by atoms with van der Waals surface area (Å²) in [4.78, 5) is 27.6. The molecule has 1 heterocycles. The van der Waals surface area contributed by atoms with Gasteiger partial charge in [-0.1, -0.05) is 30.3 Å². The van der Waals surface area contributed by atoms with Crippen LogP contribution in [0.15, 0.2) is 53.4 Å². The second-order valence-corrected chi connectivity index (χ2v) is 8.06. The lowest BCUT2D eigenvalue weighted by Crippen LogP contribution is -2.44. The van der Waals surface area contributed by atoms with Crippen molar-refractivity contribution < 1.29 is 18.4 Å². The molecule has 0 saturated heterocycles. The highest BCUT2D eigenvalue weighted by Gasteiger charge is 2.57. The quantitative estimate of drug-likeness (QED) is 0.823. The van der Waals surface area contributed by atoms with Crippen LogP contribution in [0.1, 0.15) is 22.3 Å². The van der Waals surface area contributed by atoms with Gasteiger partial charge in [0, 0.05) is 22.6 Å². The van der Waals surface area contributed by atoms with Crippen LogP contribution in [-0.2, 0) is 11.3 Å². The number of halogens is 2. The predicted molar refractivity (Wildman–Crippen MR) is 104 cm³/mol. The number of nitrogens with one attached hydrogen (secondary N) is 1. The Kier molecular flexibility index (Phi) is 4.84. The molecular weight excluding hydrogens is 384 g/mol. The maximum Gasteiger partial charge on any atom is 0.270 e. The van der Waals surface area contributed by atoms with Gasteiger partial charge in [0.15, 0.2) is 0 Å². The van der Waals surface area contributed by atoms with Crippen molar-refractivity contribution in [3.05, 3.63) is 59.7 Å². The van der Waals surface area contributed by atoms with E-state index in [1.54, 1.807) is 23.1 Å². The molecule has 8 heteroatoms. The van der Waals surface area contributed by atoms with Crippen LogP contribution < -0.4 is 16.0 Å². The molecule has 1 aliphatic heterocycles. The van der Waals surface area contributed by atoms with Crippen LogP contribution in [0.3, 0.4) is 0 Å². The van der Waals surface area contributed by atoms with Crippen molar-refractivity contribution in [2.24, 2.45) is 5.73 Å². The van der Waals surface area contributed by atoms with E-state index in [0.29, 0.717) is 18.0 Å². The summed E-state index contributed by atoms with van der Waals surface area (Å²) in [6, 6.07) is 12.6. The van der Waals surface area contributed by atoms with Gasteiger partial charge in [0.25, 0.3) is 11.8 Å². The molecule has 0 radical (unpaired) electrons. The summed E-state index contributed by atoms with van der Waals surface area (Å²) in [6.45, 7) is 0.312. The third-order valence-corrected chi connectivity index (χ3v) is 6.01. The Balaban J connectivity index is 1.65. The average molecular weight is 403 g/mol. The van der Waals surface area contributed by atoms with Gasteiger partial charge in [-0.25, -0.2) is 8.78 Å². The maximum absolute atomic E-state index is 13.1. The van der Waals surface area contributed by atoms with Crippen LogP contribution in [0.2, 0.25) is 0 Å². The zero-order valence-corrected chi connectivity index (χ0v) is 15.7. The first-order chi connectivity index (χ1) is 13.3. The summed E-state index contributed by atoms with van der Waals surface area (Å²) < 4.78 is 26.2. The molecule has 0 aromatic heterocycles. The van der Waals surface area contributed by atoms with Crippen LogP contribution in [0.5, 0.6) is 0 Å². The highest BCUT2D eigenvalue weighted by atomic mass is 32.2. The normalized spacial score (nSPS) is 23.0. The Labute approximate surface area is 165 Å². The molecule has 146 valence electrons. The van der Waals surface area contributed by atoms with Crippen LogP contribution in [0, 0.1) is 0 Å². The zero-order chi connectivity index (χ0) is 19.9. The molecule has 2 aliphatic rings. The number of fused-ring (bicyclic) bond motifs is 1. The summed E-state index contributed by atoms with van der Waals surface area (Å²) in [5, 5.41) is 2.34. The fourth-order valence-corrected chi connectivity index (χ4v) is 4.08. The number of nitrogens with zero attached hydrogens (tertiary/aromatic N) is 1. The number of thioether (sulfide) groups is 1. The van der Waals surface area contributed by atoms with E-state index in [2.05, 4.69) is 5.32 Å². The number of hydrogen-bond acceptors (Lipinski definition) is 4. The van der Waals surface area contributed by atoms with Crippen molar-refractivity contribution in [2.45, 2.75) is 35.9 Å². The van der Waals surface area contributed by atoms with Gasteiger partial charge in [-0.15, -0.1) is 11.8 Å². The summed E-state index contributed by atoms with van der Waals surface area (Å²) in [5.74, 6) is -3.21. The van der Waals surface area contributed by atoms with Crippen molar-refractivity contribution in [1.82, 2.24) is 5.32 Å². The molecule has 1 fully saturated rings. The largest absolute Gasteiger partial charge is 0.343 e. The van der Waals surface area contributed by atoms with Crippen molar-refractivity contribution in [2.75, 3.05) is 10.7 Å². The molecule has 5 nitrogen and oxygen atoms in total. The molecule has 28 heavy (non-hydrogen) atoms. The Bertz CT molecular complexity index is 923. The zero-order valence-electron chi connectivity index (χ0n) is 14.9. The minimum Gasteiger partial charge on any atom is -0.343 e. The molecular formula is C20H19F2N3O2S. The second kappa shape index (κ2) is 7.18. The van der Waals surface area contributed by atoms with Gasteiger partial charge < -0.3 is 16.0 Å². The third-order valence-electron chi connectivity index (χ3n) is 4.83. The van der Waals surface area contributed by atoms with E-state index in [9.17, 15) is 18.4 Å². The first kappa shape index (κ1) is 18.9. The number of amides is 2. The molecule has 4 rings (SSSR count). The van der Waals surface area contributed by atoms with Crippen LogP contribution in [0.4, 0.5) is 14.5 Å². The van der Waals surface area contributed by atoms with Crippen molar-refractivity contribution >= 4 is 29.3 Å². The summed E-state index contributed by atoms with van der Waals surface area (Å²) in [7, 11) is 0. The molecule has 1 saturated carbocycles. The number of carbonyl (C=O) groups excluding carboxylic acids is 2. The summed E-state index contributed by atoms with van der Waals surface area (Å²) >= 11 is 1.44. The minimum absolute atomic E-state index is 0.235. The highest BCUT2D eigenvalue weighted by Crippen LogP contribution is 2.42. The lowest BCUT2D eigenvalue weighted by molar-refractivity contribution is -0.119. The first-order valence-corrected chi connectivity index (χ1v) is 9.90. The summed E-state index contributed by atoms with van der Waals surface area (Å²) in [6.07, 6.45) is -0.340. The Morgan fingerprint density at radius 1 is 1.25 bits per heavy atom. The number of rotatable bonds is 4. The molecule has 2 atom stereocenters. The predicted octanol–water partition coefficient (Wildman–Crippen LogP) is 2.79. The van der Waals surface area contributed by atoms with Crippen molar-refractivity contribution in [1.29, 1.82) is 0 Å².